The van der Waals surface area contributed by atoms with Crippen molar-refractivity contribution in [3.05, 3.63) is 29.3 Å². The molecule has 2 rings (SSSR count). The van der Waals surface area contributed by atoms with E-state index in [1.807, 2.05) is 0 Å². The third-order valence-corrected chi connectivity index (χ3v) is 3.45. The molecule has 7 heteroatoms. The molecule has 7 nitrogen and oxygen atoms in total. The van der Waals surface area contributed by atoms with Crippen LogP contribution < -0.4 is 16.4 Å². The SMILES string of the molecule is NC(=O)CC(N)C(=O)N1CCCc2cc(C(=O)O)ccc21. The zero-order chi connectivity index (χ0) is 15.6. The van der Waals surface area contributed by atoms with Crippen LogP contribution in [-0.2, 0) is 16.0 Å². The average Bonchev–Trinajstić information content (AvgIpc) is 2.44. The van der Waals surface area contributed by atoms with E-state index in [-0.39, 0.29) is 17.9 Å². The van der Waals surface area contributed by atoms with Crippen molar-refractivity contribution in [1.82, 2.24) is 0 Å². The summed E-state index contributed by atoms with van der Waals surface area (Å²) >= 11 is 0. The third-order valence-electron chi connectivity index (χ3n) is 3.45. The molecule has 0 radical (unpaired) electrons. The number of amides is 2. The summed E-state index contributed by atoms with van der Waals surface area (Å²) in [4.78, 5) is 35.6. The Balaban J connectivity index is 2.27. The molecule has 21 heavy (non-hydrogen) atoms. The van der Waals surface area contributed by atoms with Gasteiger partial charge < -0.3 is 21.5 Å². The van der Waals surface area contributed by atoms with Crippen molar-refractivity contribution in [3.63, 3.8) is 0 Å². The summed E-state index contributed by atoms with van der Waals surface area (Å²) in [7, 11) is 0. The van der Waals surface area contributed by atoms with E-state index in [2.05, 4.69) is 0 Å². The minimum Gasteiger partial charge on any atom is -0.478 e. The molecular weight excluding hydrogens is 274 g/mol. The van der Waals surface area contributed by atoms with E-state index in [4.69, 9.17) is 16.6 Å². The van der Waals surface area contributed by atoms with Crippen LogP contribution in [0.1, 0.15) is 28.8 Å². The Labute approximate surface area is 121 Å². The zero-order valence-electron chi connectivity index (χ0n) is 11.4. The molecule has 1 aliphatic heterocycles. The molecule has 0 aromatic heterocycles. The second-order valence-electron chi connectivity index (χ2n) is 5.02. The molecule has 0 bridgehead atoms. The predicted molar refractivity (Wildman–Crippen MR) is 75.9 cm³/mol. The highest BCUT2D eigenvalue weighted by Gasteiger charge is 2.27. The van der Waals surface area contributed by atoms with Crippen molar-refractivity contribution in [2.75, 3.05) is 11.4 Å². The number of nitrogens with two attached hydrogens (primary N) is 2. The Morgan fingerprint density at radius 3 is 2.67 bits per heavy atom. The van der Waals surface area contributed by atoms with Crippen LogP contribution in [-0.4, -0.2) is 35.5 Å². The molecule has 2 amide bonds. The van der Waals surface area contributed by atoms with Crippen LogP contribution in [0.3, 0.4) is 0 Å². The molecule has 1 aliphatic rings. The van der Waals surface area contributed by atoms with Crippen molar-refractivity contribution in [2.24, 2.45) is 11.5 Å². The Kier molecular flexibility index (Phi) is 4.23. The number of rotatable bonds is 4. The molecule has 112 valence electrons. The van der Waals surface area contributed by atoms with Crippen molar-refractivity contribution < 1.29 is 19.5 Å². The van der Waals surface area contributed by atoms with Gasteiger partial charge in [0.1, 0.15) is 0 Å². The Bertz CT molecular complexity index is 600. The number of primary amides is 1. The molecule has 0 fully saturated rings. The highest BCUT2D eigenvalue weighted by atomic mass is 16.4. The standard InChI is InChI=1S/C14H17N3O4/c15-10(7-12(16)18)13(19)17-5-1-2-8-6-9(14(20)21)3-4-11(8)17/h3-4,6,10H,1-2,5,7,15H2,(H2,16,18)(H,20,21). The maximum Gasteiger partial charge on any atom is 0.335 e. The van der Waals surface area contributed by atoms with E-state index < -0.39 is 17.9 Å². The number of nitrogens with zero attached hydrogens (tertiary/aromatic N) is 1. The molecule has 1 unspecified atom stereocenters. The predicted octanol–water partition coefficient (Wildman–Crippen LogP) is -0.133. The van der Waals surface area contributed by atoms with Crippen LogP contribution in [0.25, 0.3) is 0 Å². The smallest absolute Gasteiger partial charge is 0.335 e. The Morgan fingerprint density at radius 1 is 1.33 bits per heavy atom. The second-order valence-corrected chi connectivity index (χ2v) is 5.02. The number of carboxylic acid groups (broad SMARTS) is 1. The molecule has 0 aliphatic carbocycles. The lowest BCUT2D eigenvalue weighted by Crippen LogP contribution is -2.47. The first kappa shape index (κ1) is 15.0. The lowest BCUT2D eigenvalue weighted by molar-refractivity contribution is -0.124. The van der Waals surface area contributed by atoms with Gasteiger partial charge in [-0.3, -0.25) is 9.59 Å². The number of aromatic carboxylic acids is 1. The quantitative estimate of drug-likeness (QED) is 0.712. The number of carbonyl (C=O) groups excluding carboxylic acids is 2. The summed E-state index contributed by atoms with van der Waals surface area (Å²) < 4.78 is 0. The van der Waals surface area contributed by atoms with Crippen molar-refractivity contribution >= 4 is 23.5 Å². The van der Waals surface area contributed by atoms with Gasteiger partial charge in [-0.1, -0.05) is 0 Å². The molecule has 1 atom stereocenters. The lowest BCUT2D eigenvalue weighted by Gasteiger charge is -2.31. The first-order valence-electron chi connectivity index (χ1n) is 6.61. The summed E-state index contributed by atoms with van der Waals surface area (Å²) in [5.74, 6) is -2.01. The number of benzene rings is 1. The summed E-state index contributed by atoms with van der Waals surface area (Å²) in [5.41, 5.74) is 12.4. The van der Waals surface area contributed by atoms with Gasteiger partial charge in [-0.25, -0.2) is 4.79 Å². The molecule has 1 heterocycles. The highest BCUT2D eigenvalue weighted by Crippen LogP contribution is 2.28. The van der Waals surface area contributed by atoms with Crippen LogP contribution in [0.4, 0.5) is 5.69 Å². The number of aryl methyl sites for hydroxylation is 1. The number of anilines is 1. The Hall–Kier alpha value is -2.41. The maximum atomic E-state index is 12.3. The topological polar surface area (TPSA) is 127 Å². The Morgan fingerprint density at radius 2 is 2.05 bits per heavy atom. The number of fused-ring (bicyclic) bond motifs is 1. The molecule has 5 N–H and O–H groups in total. The van der Waals surface area contributed by atoms with E-state index in [0.717, 1.165) is 5.56 Å². The van der Waals surface area contributed by atoms with Gasteiger partial charge in [-0.05, 0) is 36.6 Å². The number of carboxylic acids is 1. The summed E-state index contributed by atoms with van der Waals surface area (Å²) in [6, 6.07) is 3.64. The molecule has 0 saturated carbocycles. The van der Waals surface area contributed by atoms with E-state index in [1.54, 1.807) is 12.1 Å². The van der Waals surface area contributed by atoms with Gasteiger partial charge in [0.2, 0.25) is 11.8 Å². The fourth-order valence-electron chi connectivity index (χ4n) is 2.46. The minimum absolute atomic E-state index is 0.185. The monoisotopic (exact) mass is 291 g/mol. The molecule has 0 saturated heterocycles. The number of hydrogen-bond acceptors (Lipinski definition) is 4. The van der Waals surface area contributed by atoms with Gasteiger partial charge in [0.25, 0.3) is 0 Å². The van der Waals surface area contributed by atoms with E-state index in [1.165, 1.54) is 11.0 Å². The maximum absolute atomic E-state index is 12.3. The third kappa shape index (κ3) is 3.19. The van der Waals surface area contributed by atoms with Crippen LogP contribution in [0.15, 0.2) is 18.2 Å². The van der Waals surface area contributed by atoms with Gasteiger partial charge >= 0.3 is 5.97 Å². The van der Waals surface area contributed by atoms with Crippen molar-refractivity contribution in [1.29, 1.82) is 0 Å². The van der Waals surface area contributed by atoms with Gasteiger partial charge in [-0.2, -0.15) is 0 Å². The molecular formula is C14H17N3O4. The first-order chi connectivity index (χ1) is 9.90. The van der Waals surface area contributed by atoms with Crippen LogP contribution in [0.5, 0.6) is 0 Å². The van der Waals surface area contributed by atoms with E-state index >= 15 is 0 Å². The summed E-state index contributed by atoms with van der Waals surface area (Å²) in [6.45, 7) is 0.491. The largest absolute Gasteiger partial charge is 0.478 e. The van der Waals surface area contributed by atoms with Gasteiger partial charge in [0.15, 0.2) is 0 Å². The fraction of sp³-hybridized carbons (Fsp3) is 0.357. The van der Waals surface area contributed by atoms with Crippen LogP contribution in [0, 0.1) is 0 Å². The molecule has 1 aromatic carbocycles. The van der Waals surface area contributed by atoms with Crippen LogP contribution >= 0.6 is 0 Å². The average molecular weight is 291 g/mol. The summed E-state index contributed by atoms with van der Waals surface area (Å²) in [6.07, 6.45) is 1.20. The lowest BCUT2D eigenvalue weighted by atomic mass is 9.98. The minimum atomic E-state index is -1.01. The normalized spacial score (nSPS) is 15.2. The zero-order valence-corrected chi connectivity index (χ0v) is 11.4. The molecule has 1 aromatic rings. The highest BCUT2D eigenvalue weighted by molar-refractivity contribution is 6.00. The second kappa shape index (κ2) is 5.92. The van der Waals surface area contributed by atoms with Crippen molar-refractivity contribution in [2.45, 2.75) is 25.3 Å². The van der Waals surface area contributed by atoms with Gasteiger partial charge in [0, 0.05) is 12.2 Å². The van der Waals surface area contributed by atoms with Gasteiger partial charge in [-0.15, -0.1) is 0 Å². The number of hydrogen-bond donors (Lipinski definition) is 3. The summed E-state index contributed by atoms with van der Waals surface area (Å²) in [5, 5.41) is 9.00. The first-order valence-corrected chi connectivity index (χ1v) is 6.61. The van der Waals surface area contributed by atoms with E-state index in [0.29, 0.717) is 25.1 Å². The molecule has 0 spiro atoms. The van der Waals surface area contributed by atoms with E-state index in [9.17, 15) is 14.4 Å². The van der Waals surface area contributed by atoms with Crippen molar-refractivity contribution in [3.8, 4) is 0 Å². The van der Waals surface area contributed by atoms with Gasteiger partial charge in [0.05, 0.1) is 18.0 Å². The van der Waals surface area contributed by atoms with Crippen LogP contribution in [0.2, 0.25) is 0 Å². The fourth-order valence-corrected chi connectivity index (χ4v) is 2.46. The number of carbonyl (C=O) groups is 3.